The molecule has 23 heavy (non-hydrogen) atoms. The minimum absolute atomic E-state index is 0.0621. The molecule has 0 saturated heterocycles. The molecule has 0 saturated carbocycles. The Morgan fingerprint density at radius 2 is 1.52 bits per heavy atom. The van der Waals surface area contributed by atoms with Crippen molar-refractivity contribution in [3.8, 4) is 11.5 Å². The molecule has 3 rings (SSSR count). The first kappa shape index (κ1) is 14.8. The van der Waals surface area contributed by atoms with E-state index in [0.717, 1.165) is 22.7 Å². The van der Waals surface area contributed by atoms with E-state index in [4.69, 9.17) is 4.74 Å². The minimum atomic E-state index is -0.0621. The van der Waals surface area contributed by atoms with E-state index in [1.807, 2.05) is 66.7 Å². The first-order valence-corrected chi connectivity index (χ1v) is 7.31. The zero-order valence-corrected chi connectivity index (χ0v) is 12.5. The first-order valence-electron chi connectivity index (χ1n) is 7.31. The second-order valence-electron chi connectivity index (χ2n) is 5.02. The molecule has 0 aliphatic rings. The van der Waals surface area contributed by atoms with Gasteiger partial charge in [0.05, 0.1) is 6.42 Å². The number of amides is 1. The van der Waals surface area contributed by atoms with E-state index in [0.29, 0.717) is 6.42 Å². The van der Waals surface area contributed by atoms with Crippen molar-refractivity contribution in [1.29, 1.82) is 0 Å². The number of rotatable bonds is 5. The van der Waals surface area contributed by atoms with Gasteiger partial charge in [-0.15, -0.1) is 0 Å². The highest BCUT2D eigenvalue weighted by molar-refractivity contribution is 5.92. The number of pyridine rings is 1. The van der Waals surface area contributed by atoms with Crippen molar-refractivity contribution in [2.75, 3.05) is 5.32 Å². The quantitative estimate of drug-likeness (QED) is 0.773. The van der Waals surface area contributed by atoms with E-state index in [1.165, 1.54) is 0 Å². The predicted octanol–water partition coefficient (Wildman–Crippen LogP) is 4.06. The molecule has 0 aliphatic heterocycles. The van der Waals surface area contributed by atoms with Gasteiger partial charge in [-0.25, -0.2) is 0 Å². The summed E-state index contributed by atoms with van der Waals surface area (Å²) in [6, 6.07) is 20.5. The van der Waals surface area contributed by atoms with Gasteiger partial charge in [0.15, 0.2) is 0 Å². The van der Waals surface area contributed by atoms with Gasteiger partial charge in [-0.05, 0) is 54.1 Å². The maximum Gasteiger partial charge on any atom is 0.228 e. The van der Waals surface area contributed by atoms with Crippen LogP contribution in [0.5, 0.6) is 11.5 Å². The SMILES string of the molecule is O=C(Cc1ccncc1)Nc1ccc(Oc2ccccc2)cc1. The fourth-order valence-corrected chi connectivity index (χ4v) is 2.12. The summed E-state index contributed by atoms with van der Waals surface area (Å²) in [5, 5.41) is 2.87. The lowest BCUT2D eigenvalue weighted by molar-refractivity contribution is -0.115. The fraction of sp³-hybridized carbons (Fsp3) is 0.0526. The third kappa shape index (κ3) is 4.41. The van der Waals surface area contributed by atoms with E-state index in [-0.39, 0.29) is 5.91 Å². The van der Waals surface area contributed by atoms with Gasteiger partial charge in [0, 0.05) is 18.1 Å². The van der Waals surface area contributed by atoms with Gasteiger partial charge in [0.1, 0.15) is 11.5 Å². The van der Waals surface area contributed by atoms with E-state index < -0.39 is 0 Å². The molecule has 2 aromatic carbocycles. The van der Waals surface area contributed by atoms with Crippen LogP contribution in [0.15, 0.2) is 79.1 Å². The number of para-hydroxylation sites is 1. The topological polar surface area (TPSA) is 51.2 Å². The summed E-state index contributed by atoms with van der Waals surface area (Å²) in [6.45, 7) is 0. The Labute approximate surface area is 134 Å². The van der Waals surface area contributed by atoms with Crippen LogP contribution in [-0.4, -0.2) is 10.9 Å². The van der Waals surface area contributed by atoms with Crippen LogP contribution in [0.3, 0.4) is 0 Å². The number of benzene rings is 2. The van der Waals surface area contributed by atoms with Crippen LogP contribution in [-0.2, 0) is 11.2 Å². The molecule has 0 atom stereocenters. The average Bonchev–Trinajstić information content (AvgIpc) is 2.58. The zero-order valence-electron chi connectivity index (χ0n) is 12.5. The molecule has 0 spiro atoms. The van der Waals surface area contributed by atoms with Gasteiger partial charge >= 0.3 is 0 Å². The predicted molar refractivity (Wildman–Crippen MR) is 89.5 cm³/mol. The largest absolute Gasteiger partial charge is 0.457 e. The van der Waals surface area contributed by atoms with Crippen LogP contribution in [0.1, 0.15) is 5.56 Å². The Kier molecular flexibility index (Phi) is 4.64. The standard InChI is InChI=1S/C19H16N2O2/c22-19(14-15-10-12-20-13-11-15)21-16-6-8-18(9-7-16)23-17-4-2-1-3-5-17/h1-13H,14H2,(H,21,22). The third-order valence-electron chi connectivity index (χ3n) is 3.23. The number of nitrogens with one attached hydrogen (secondary N) is 1. The van der Waals surface area contributed by atoms with Crippen molar-refractivity contribution in [2.45, 2.75) is 6.42 Å². The lowest BCUT2D eigenvalue weighted by atomic mass is 10.2. The molecule has 0 bridgehead atoms. The van der Waals surface area contributed by atoms with Crippen molar-refractivity contribution in [3.63, 3.8) is 0 Å². The second-order valence-corrected chi connectivity index (χ2v) is 5.02. The smallest absolute Gasteiger partial charge is 0.228 e. The molecular formula is C19H16N2O2. The number of nitrogens with zero attached hydrogens (tertiary/aromatic N) is 1. The summed E-state index contributed by atoms with van der Waals surface area (Å²) in [7, 11) is 0. The fourth-order valence-electron chi connectivity index (χ4n) is 2.12. The van der Waals surface area contributed by atoms with Crippen molar-refractivity contribution >= 4 is 11.6 Å². The lowest BCUT2D eigenvalue weighted by Crippen LogP contribution is -2.14. The molecule has 4 heteroatoms. The van der Waals surface area contributed by atoms with Crippen LogP contribution < -0.4 is 10.1 Å². The third-order valence-corrected chi connectivity index (χ3v) is 3.23. The number of aromatic nitrogens is 1. The number of carbonyl (C=O) groups excluding carboxylic acids is 1. The maximum absolute atomic E-state index is 12.0. The molecule has 1 amide bonds. The minimum Gasteiger partial charge on any atom is -0.457 e. The van der Waals surface area contributed by atoms with Gasteiger partial charge < -0.3 is 10.1 Å². The molecule has 4 nitrogen and oxygen atoms in total. The van der Waals surface area contributed by atoms with Crippen molar-refractivity contribution in [1.82, 2.24) is 4.98 Å². The first-order chi connectivity index (χ1) is 11.3. The van der Waals surface area contributed by atoms with Crippen molar-refractivity contribution in [2.24, 2.45) is 0 Å². The molecule has 1 heterocycles. The van der Waals surface area contributed by atoms with Crippen LogP contribution in [0.2, 0.25) is 0 Å². The molecule has 0 unspecified atom stereocenters. The molecule has 0 radical (unpaired) electrons. The van der Waals surface area contributed by atoms with Crippen LogP contribution in [0.4, 0.5) is 5.69 Å². The van der Waals surface area contributed by atoms with E-state index in [2.05, 4.69) is 10.3 Å². The number of ether oxygens (including phenoxy) is 1. The average molecular weight is 304 g/mol. The van der Waals surface area contributed by atoms with Crippen LogP contribution >= 0.6 is 0 Å². The van der Waals surface area contributed by atoms with Gasteiger partial charge in [-0.1, -0.05) is 18.2 Å². The van der Waals surface area contributed by atoms with Crippen LogP contribution in [0.25, 0.3) is 0 Å². The molecule has 0 fully saturated rings. The highest BCUT2D eigenvalue weighted by Gasteiger charge is 2.04. The summed E-state index contributed by atoms with van der Waals surface area (Å²) < 4.78 is 5.71. The highest BCUT2D eigenvalue weighted by atomic mass is 16.5. The van der Waals surface area contributed by atoms with E-state index in [1.54, 1.807) is 12.4 Å². The zero-order chi connectivity index (χ0) is 15.9. The number of carbonyl (C=O) groups is 1. The highest BCUT2D eigenvalue weighted by Crippen LogP contribution is 2.22. The van der Waals surface area contributed by atoms with Crippen LogP contribution in [0, 0.1) is 0 Å². The molecule has 114 valence electrons. The normalized spacial score (nSPS) is 10.1. The summed E-state index contributed by atoms with van der Waals surface area (Å²) in [6.07, 6.45) is 3.68. The van der Waals surface area contributed by atoms with Gasteiger partial charge in [0.25, 0.3) is 0 Å². The van der Waals surface area contributed by atoms with Gasteiger partial charge in [-0.2, -0.15) is 0 Å². The summed E-state index contributed by atoms with van der Waals surface area (Å²) >= 11 is 0. The van der Waals surface area contributed by atoms with Crippen molar-refractivity contribution < 1.29 is 9.53 Å². The van der Waals surface area contributed by atoms with Gasteiger partial charge in [-0.3, -0.25) is 9.78 Å². The number of anilines is 1. The lowest BCUT2D eigenvalue weighted by Gasteiger charge is -2.08. The molecular weight excluding hydrogens is 288 g/mol. The number of hydrogen-bond acceptors (Lipinski definition) is 3. The second kappa shape index (κ2) is 7.22. The van der Waals surface area contributed by atoms with Crippen molar-refractivity contribution in [3.05, 3.63) is 84.7 Å². The maximum atomic E-state index is 12.0. The van der Waals surface area contributed by atoms with Gasteiger partial charge in [0.2, 0.25) is 5.91 Å². The summed E-state index contributed by atoms with van der Waals surface area (Å²) in [5.74, 6) is 1.44. The summed E-state index contributed by atoms with van der Waals surface area (Å²) in [4.78, 5) is 15.9. The Morgan fingerprint density at radius 1 is 0.870 bits per heavy atom. The van der Waals surface area contributed by atoms with E-state index in [9.17, 15) is 4.79 Å². The molecule has 1 N–H and O–H groups in total. The Balaban J connectivity index is 1.58. The Hall–Kier alpha value is -3.14. The Bertz CT molecular complexity index is 756. The molecule has 3 aromatic rings. The number of hydrogen-bond donors (Lipinski definition) is 1. The molecule has 1 aromatic heterocycles. The van der Waals surface area contributed by atoms with E-state index >= 15 is 0 Å². The molecule has 0 aliphatic carbocycles. The summed E-state index contributed by atoms with van der Waals surface area (Å²) in [5.41, 5.74) is 1.67. The monoisotopic (exact) mass is 304 g/mol. The Morgan fingerprint density at radius 3 is 2.22 bits per heavy atom.